The van der Waals surface area contributed by atoms with Crippen LogP contribution in [-0.2, 0) is 22.6 Å². The first-order valence-corrected chi connectivity index (χ1v) is 9.96. The van der Waals surface area contributed by atoms with E-state index >= 15 is 0 Å². The second-order valence-corrected chi connectivity index (χ2v) is 8.52. The lowest BCUT2D eigenvalue weighted by Gasteiger charge is -2.31. The van der Waals surface area contributed by atoms with E-state index in [1.165, 1.54) is 0 Å². The predicted molar refractivity (Wildman–Crippen MR) is 116 cm³/mol. The van der Waals surface area contributed by atoms with E-state index in [-0.39, 0.29) is 23.8 Å². The molecular formula is C23H29ClN2O3. The lowest BCUT2D eigenvalue weighted by molar-refractivity contribution is -0.140. The molecule has 0 saturated carbocycles. The minimum Gasteiger partial charge on any atom is -0.497 e. The Kier molecular flexibility index (Phi) is 7.68. The van der Waals surface area contributed by atoms with Crippen molar-refractivity contribution in [3.05, 3.63) is 64.7 Å². The molecule has 29 heavy (non-hydrogen) atoms. The molecule has 2 rings (SSSR count). The smallest absolute Gasteiger partial charge is 0.242 e. The molecule has 0 aliphatic heterocycles. The third-order valence-corrected chi connectivity index (χ3v) is 4.70. The van der Waals surface area contributed by atoms with Gasteiger partial charge in [-0.05, 0) is 63.1 Å². The molecule has 2 amide bonds. The minimum atomic E-state index is -0.615. The van der Waals surface area contributed by atoms with Gasteiger partial charge >= 0.3 is 0 Å². The van der Waals surface area contributed by atoms with Crippen molar-refractivity contribution in [2.75, 3.05) is 7.11 Å². The molecule has 5 nitrogen and oxygen atoms in total. The number of ether oxygens (including phenoxy) is 1. The summed E-state index contributed by atoms with van der Waals surface area (Å²) >= 11 is 5.97. The van der Waals surface area contributed by atoms with Gasteiger partial charge in [0, 0.05) is 17.1 Å². The molecule has 0 bridgehead atoms. The maximum Gasteiger partial charge on any atom is 0.242 e. The number of hydrogen-bond donors (Lipinski definition) is 1. The zero-order valence-electron chi connectivity index (χ0n) is 17.7. The summed E-state index contributed by atoms with van der Waals surface area (Å²) in [7, 11) is 1.60. The third-order valence-electron chi connectivity index (χ3n) is 4.45. The normalized spacial score (nSPS) is 12.2. The molecule has 1 N–H and O–H groups in total. The van der Waals surface area contributed by atoms with Gasteiger partial charge in [-0.25, -0.2) is 0 Å². The topological polar surface area (TPSA) is 58.6 Å². The first kappa shape index (κ1) is 22.8. The van der Waals surface area contributed by atoms with Crippen molar-refractivity contribution in [3.8, 4) is 5.75 Å². The number of benzene rings is 2. The van der Waals surface area contributed by atoms with Crippen LogP contribution in [0.5, 0.6) is 5.75 Å². The van der Waals surface area contributed by atoms with Gasteiger partial charge in [-0.1, -0.05) is 35.9 Å². The monoisotopic (exact) mass is 416 g/mol. The Bertz CT molecular complexity index is 827. The lowest BCUT2D eigenvalue weighted by Crippen LogP contribution is -2.52. The Balaban J connectivity index is 2.22. The predicted octanol–water partition coefficient (Wildman–Crippen LogP) is 4.22. The Labute approximate surface area is 178 Å². The van der Waals surface area contributed by atoms with Gasteiger partial charge in [0.05, 0.1) is 13.5 Å². The van der Waals surface area contributed by atoms with E-state index in [0.29, 0.717) is 11.6 Å². The largest absolute Gasteiger partial charge is 0.497 e. The summed E-state index contributed by atoms with van der Waals surface area (Å²) in [5, 5.41) is 3.59. The van der Waals surface area contributed by atoms with Crippen LogP contribution in [-0.4, -0.2) is 35.4 Å². The molecule has 156 valence electrons. The van der Waals surface area contributed by atoms with Gasteiger partial charge < -0.3 is 15.0 Å². The Hall–Kier alpha value is -2.53. The van der Waals surface area contributed by atoms with E-state index in [2.05, 4.69) is 5.32 Å². The number of nitrogens with zero attached hydrogens (tertiary/aromatic N) is 1. The molecule has 0 fully saturated rings. The maximum absolute atomic E-state index is 13.1. The lowest BCUT2D eigenvalue weighted by atomic mass is 10.1. The van der Waals surface area contributed by atoms with E-state index in [1.807, 2.05) is 57.2 Å². The molecule has 0 aliphatic carbocycles. The molecule has 0 heterocycles. The number of hydrogen-bond acceptors (Lipinski definition) is 3. The van der Waals surface area contributed by atoms with E-state index in [9.17, 15) is 9.59 Å². The fourth-order valence-electron chi connectivity index (χ4n) is 2.86. The zero-order chi connectivity index (χ0) is 21.6. The van der Waals surface area contributed by atoms with Crippen molar-refractivity contribution in [1.82, 2.24) is 10.2 Å². The summed E-state index contributed by atoms with van der Waals surface area (Å²) in [6, 6.07) is 14.0. The van der Waals surface area contributed by atoms with Crippen molar-refractivity contribution < 1.29 is 14.3 Å². The van der Waals surface area contributed by atoms with Crippen LogP contribution in [0.1, 0.15) is 38.8 Å². The Morgan fingerprint density at radius 2 is 1.59 bits per heavy atom. The summed E-state index contributed by atoms with van der Waals surface area (Å²) in [4.78, 5) is 27.5. The first-order chi connectivity index (χ1) is 13.6. The highest BCUT2D eigenvalue weighted by molar-refractivity contribution is 6.30. The van der Waals surface area contributed by atoms with Gasteiger partial charge in [0.2, 0.25) is 11.8 Å². The number of carbonyl (C=O) groups excluding carboxylic acids is 2. The van der Waals surface area contributed by atoms with Crippen LogP contribution in [0.4, 0.5) is 0 Å². The summed E-state index contributed by atoms with van der Waals surface area (Å²) in [5.41, 5.74) is 1.39. The molecule has 0 unspecified atom stereocenters. The highest BCUT2D eigenvalue weighted by Gasteiger charge is 2.28. The zero-order valence-corrected chi connectivity index (χ0v) is 18.4. The molecule has 2 aromatic carbocycles. The molecule has 6 heteroatoms. The number of methoxy groups -OCH3 is 1. The van der Waals surface area contributed by atoms with Gasteiger partial charge in [-0.2, -0.15) is 0 Å². The van der Waals surface area contributed by atoms with Gasteiger partial charge in [-0.3, -0.25) is 9.59 Å². The average molecular weight is 417 g/mol. The van der Waals surface area contributed by atoms with E-state index in [0.717, 1.165) is 16.9 Å². The molecule has 0 saturated heterocycles. The molecule has 2 aromatic rings. The molecule has 0 aromatic heterocycles. The number of amides is 2. The summed E-state index contributed by atoms with van der Waals surface area (Å²) < 4.78 is 5.17. The van der Waals surface area contributed by atoms with Gasteiger partial charge in [0.1, 0.15) is 11.8 Å². The Morgan fingerprint density at radius 3 is 2.10 bits per heavy atom. The number of rotatable bonds is 7. The second-order valence-electron chi connectivity index (χ2n) is 8.09. The van der Waals surface area contributed by atoms with E-state index in [4.69, 9.17) is 16.3 Å². The van der Waals surface area contributed by atoms with Crippen LogP contribution in [0, 0.1) is 0 Å². The third kappa shape index (κ3) is 7.09. The standard InChI is InChI=1S/C23H29ClN2O3/c1-16(22(28)25-23(2,3)4)26(15-18-6-10-19(24)11-7-18)21(27)14-17-8-12-20(29-5)13-9-17/h6-13,16H,14-15H2,1-5H3,(H,25,28)/t16-/m0/s1. The number of nitrogens with one attached hydrogen (secondary N) is 1. The fourth-order valence-corrected chi connectivity index (χ4v) is 2.99. The van der Waals surface area contributed by atoms with Crippen molar-refractivity contribution in [2.24, 2.45) is 0 Å². The summed E-state index contributed by atoms with van der Waals surface area (Å²) in [6.45, 7) is 7.83. The van der Waals surface area contributed by atoms with Crippen LogP contribution < -0.4 is 10.1 Å². The fraction of sp³-hybridized carbons (Fsp3) is 0.391. The molecule has 0 aliphatic rings. The maximum atomic E-state index is 13.1. The van der Waals surface area contributed by atoms with Crippen molar-refractivity contribution in [3.63, 3.8) is 0 Å². The van der Waals surface area contributed by atoms with Crippen LogP contribution in [0.2, 0.25) is 5.02 Å². The molecular weight excluding hydrogens is 388 g/mol. The van der Waals surface area contributed by atoms with Crippen molar-refractivity contribution in [2.45, 2.75) is 52.2 Å². The molecule has 0 spiro atoms. The quantitative estimate of drug-likeness (QED) is 0.735. The Morgan fingerprint density at radius 1 is 1.03 bits per heavy atom. The minimum absolute atomic E-state index is 0.123. The van der Waals surface area contributed by atoms with Crippen LogP contribution >= 0.6 is 11.6 Å². The van der Waals surface area contributed by atoms with Gasteiger partial charge in [0.25, 0.3) is 0 Å². The van der Waals surface area contributed by atoms with Crippen LogP contribution in [0.15, 0.2) is 48.5 Å². The highest BCUT2D eigenvalue weighted by Crippen LogP contribution is 2.17. The molecule has 0 radical (unpaired) electrons. The van der Waals surface area contributed by atoms with Crippen LogP contribution in [0.25, 0.3) is 0 Å². The van der Waals surface area contributed by atoms with Crippen molar-refractivity contribution in [1.29, 1.82) is 0 Å². The average Bonchev–Trinajstić information content (AvgIpc) is 2.66. The SMILES string of the molecule is COc1ccc(CC(=O)N(Cc2ccc(Cl)cc2)[C@@H](C)C(=O)NC(C)(C)C)cc1. The van der Waals surface area contributed by atoms with Crippen molar-refractivity contribution >= 4 is 23.4 Å². The number of halogens is 1. The molecule has 1 atom stereocenters. The second kappa shape index (κ2) is 9.79. The van der Waals surface area contributed by atoms with E-state index in [1.54, 1.807) is 31.1 Å². The van der Waals surface area contributed by atoms with Gasteiger partial charge in [0.15, 0.2) is 0 Å². The number of carbonyl (C=O) groups is 2. The summed E-state index contributed by atoms with van der Waals surface area (Å²) in [6.07, 6.45) is 0.199. The van der Waals surface area contributed by atoms with E-state index < -0.39 is 6.04 Å². The highest BCUT2D eigenvalue weighted by atomic mass is 35.5. The van der Waals surface area contributed by atoms with Gasteiger partial charge in [-0.15, -0.1) is 0 Å². The first-order valence-electron chi connectivity index (χ1n) is 9.58. The summed E-state index contributed by atoms with van der Waals surface area (Å²) in [5.74, 6) is 0.424. The van der Waals surface area contributed by atoms with Crippen LogP contribution in [0.3, 0.4) is 0 Å².